The van der Waals surface area contributed by atoms with Crippen LogP contribution in [0.25, 0.3) is 10.2 Å². The quantitative estimate of drug-likeness (QED) is 0.703. The smallest absolute Gasteiger partial charge is 0.0907 e. The molecule has 6 heteroatoms. The minimum Gasteiger partial charge on any atom is -0.397 e. The van der Waals surface area contributed by atoms with Gasteiger partial charge in [0.15, 0.2) is 0 Å². The molecule has 98 valence electrons. The lowest BCUT2D eigenvalue weighted by atomic mass is 10.2. The minimum atomic E-state index is 0.0214. The molecule has 4 N–H and O–H groups in total. The van der Waals surface area contributed by atoms with Crippen LogP contribution in [-0.2, 0) is 0 Å². The van der Waals surface area contributed by atoms with E-state index in [0.717, 1.165) is 20.9 Å². The minimum absolute atomic E-state index is 0.0214. The SMILES string of the molecule is Cc1nc2cc(N(CCO)CCO)c(N)cc2s1. The van der Waals surface area contributed by atoms with Crippen LogP contribution in [0, 0.1) is 6.92 Å². The second-order valence-electron chi connectivity index (χ2n) is 4.05. The number of aliphatic hydroxyl groups excluding tert-OH is 2. The van der Waals surface area contributed by atoms with Gasteiger partial charge in [-0.25, -0.2) is 4.98 Å². The number of nitrogen functional groups attached to an aromatic ring is 1. The fourth-order valence-electron chi connectivity index (χ4n) is 1.96. The molecule has 0 amide bonds. The van der Waals surface area contributed by atoms with Gasteiger partial charge in [-0.3, -0.25) is 0 Å². The lowest BCUT2D eigenvalue weighted by Crippen LogP contribution is -2.30. The van der Waals surface area contributed by atoms with Gasteiger partial charge in [-0.05, 0) is 19.1 Å². The molecule has 18 heavy (non-hydrogen) atoms. The molecule has 5 nitrogen and oxygen atoms in total. The van der Waals surface area contributed by atoms with Crippen LogP contribution in [0.15, 0.2) is 12.1 Å². The summed E-state index contributed by atoms with van der Waals surface area (Å²) in [6.07, 6.45) is 0. The Labute approximate surface area is 109 Å². The van der Waals surface area contributed by atoms with Crippen molar-refractivity contribution in [1.29, 1.82) is 0 Å². The van der Waals surface area contributed by atoms with Crippen LogP contribution in [0.5, 0.6) is 0 Å². The summed E-state index contributed by atoms with van der Waals surface area (Å²) >= 11 is 1.61. The number of fused-ring (bicyclic) bond motifs is 1. The first-order valence-electron chi connectivity index (χ1n) is 5.79. The molecule has 0 saturated carbocycles. The molecule has 2 rings (SSSR count). The summed E-state index contributed by atoms with van der Waals surface area (Å²) in [6.45, 7) is 2.89. The Morgan fingerprint density at radius 1 is 1.28 bits per heavy atom. The summed E-state index contributed by atoms with van der Waals surface area (Å²) in [5, 5.41) is 19.1. The van der Waals surface area contributed by atoms with Crippen LogP contribution in [0.3, 0.4) is 0 Å². The molecule has 1 aromatic heterocycles. The zero-order chi connectivity index (χ0) is 13.1. The summed E-state index contributed by atoms with van der Waals surface area (Å²) < 4.78 is 1.06. The van der Waals surface area contributed by atoms with E-state index in [1.165, 1.54) is 0 Å². The third-order valence-electron chi connectivity index (χ3n) is 2.72. The van der Waals surface area contributed by atoms with Crippen molar-refractivity contribution in [1.82, 2.24) is 4.98 Å². The number of nitrogens with two attached hydrogens (primary N) is 1. The molecular weight excluding hydrogens is 250 g/mol. The van der Waals surface area contributed by atoms with Crippen molar-refractivity contribution < 1.29 is 10.2 Å². The summed E-state index contributed by atoms with van der Waals surface area (Å²) in [4.78, 5) is 6.29. The molecule has 0 unspecified atom stereocenters. The van der Waals surface area contributed by atoms with E-state index in [2.05, 4.69) is 4.98 Å². The first-order chi connectivity index (χ1) is 8.65. The van der Waals surface area contributed by atoms with E-state index >= 15 is 0 Å². The highest BCUT2D eigenvalue weighted by atomic mass is 32.1. The standard InChI is InChI=1S/C12H17N3O2S/c1-8-14-10-7-11(9(13)6-12(10)18-8)15(2-4-16)3-5-17/h6-7,16-17H,2-5,13H2,1H3. The number of aryl methyl sites for hydroxylation is 1. The molecule has 0 fully saturated rings. The number of rotatable bonds is 5. The molecule has 2 aromatic rings. The third-order valence-corrected chi connectivity index (χ3v) is 3.66. The van der Waals surface area contributed by atoms with Gasteiger partial charge < -0.3 is 20.8 Å². The van der Waals surface area contributed by atoms with Crippen molar-refractivity contribution in [3.05, 3.63) is 17.1 Å². The van der Waals surface area contributed by atoms with Crippen molar-refractivity contribution in [2.24, 2.45) is 0 Å². The molecule has 1 aromatic carbocycles. The molecule has 0 aliphatic heterocycles. The van der Waals surface area contributed by atoms with Gasteiger partial charge in [-0.15, -0.1) is 11.3 Å². The second kappa shape index (κ2) is 5.51. The highest BCUT2D eigenvalue weighted by Crippen LogP contribution is 2.31. The van der Waals surface area contributed by atoms with Gasteiger partial charge in [0.2, 0.25) is 0 Å². The van der Waals surface area contributed by atoms with E-state index in [1.807, 2.05) is 24.0 Å². The zero-order valence-corrected chi connectivity index (χ0v) is 11.1. The van der Waals surface area contributed by atoms with Gasteiger partial charge in [0, 0.05) is 13.1 Å². The van der Waals surface area contributed by atoms with Gasteiger partial charge in [0.25, 0.3) is 0 Å². The zero-order valence-electron chi connectivity index (χ0n) is 10.3. The van der Waals surface area contributed by atoms with Crippen LogP contribution in [0.2, 0.25) is 0 Å². The molecule has 0 bridgehead atoms. The van der Waals surface area contributed by atoms with Crippen LogP contribution >= 0.6 is 11.3 Å². The highest BCUT2D eigenvalue weighted by molar-refractivity contribution is 7.18. The topological polar surface area (TPSA) is 82.6 Å². The highest BCUT2D eigenvalue weighted by Gasteiger charge is 2.12. The molecule has 0 aliphatic carbocycles. The average molecular weight is 267 g/mol. The fraction of sp³-hybridized carbons (Fsp3) is 0.417. The maximum absolute atomic E-state index is 9.06. The van der Waals surface area contributed by atoms with Gasteiger partial charge >= 0.3 is 0 Å². The molecule has 0 atom stereocenters. The molecule has 0 aliphatic rings. The maximum atomic E-state index is 9.06. The Balaban J connectivity index is 2.43. The average Bonchev–Trinajstić information content (AvgIpc) is 2.67. The largest absolute Gasteiger partial charge is 0.397 e. The number of hydrogen-bond acceptors (Lipinski definition) is 6. The summed E-state index contributed by atoms with van der Waals surface area (Å²) in [7, 11) is 0. The molecule has 0 spiro atoms. The van der Waals surface area contributed by atoms with Crippen molar-refractivity contribution in [2.45, 2.75) is 6.92 Å². The Morgan fingerprint density at radius 3 is 2.56 bits per heavy atom. The number of thiazole rings is 1. The number of nitrogens with zero attached hydrogens (tertiary/aromatic N) is 2. The predicted octanol–water partition coefficient (Wildman–Crippen LogP) is 0.978. The van der Waals surface area contributed by atoms with Crippen molar-refractivity contribution in [3.8, 4) is 0 Å². The second-order valence-corrected chi connectivity index (χ2v) is 5.28. The van der Waals surface area contributed by atoms with Crippen LogP contribution in [-0.4, -0.2) is 41.5 Å². The lowest BCUT2D eigenvalue weighted by molar-refractivity contribution is 0.281. The number of benzene rings is 1. The Kier molecular flexibility index (Phi) is 4.00. The Morgan fingerprint density at radius 2 is 1.94 bits per heavy atom. The maximum Gasteiger partial charge on any atom is 0.0907 e. The van der Waals surface area contributed by atoms with Gasteiger partial charge in [-0.2, -0.15) is 0 Å². The van der Waals surface area contributed by atoms with Gasteiger partial charge in [0.1, 0.15) is 0 Å². The first kappa shape index (κ1) is 13.1. The summed E-state index contributed by atoms with van der Waals surface area (Å²) in [5.74, 6) is 0. The molecule has 1 heterocycles. The van der Waals surface area contributed by atoms with Gasteiger partial charge in [0.05, 0.1) is 39.8 Å². The molecule has 0 saturated heterocycles. The predicted molar refractivity (Wildman–Crippen MR) is 75.2 cm³/mol. The van der Waals surface area contributed by atoms with E-state index in [1.54, 1.807) is 11.3 Å². The van der Waals surface area contributed by atoms with Crippen molar-refractivity contribution >= 4 is 32.9 Å². The summed E-state index contributed by atoms with van der Waals surface area (Å²) in [5.41, 5.74) is 8.40. The van der Waals surface area contributed by atoms with E-state index in [9.17, 15) is 0 Å². The monoisotopic (exact) mass is 267 g/mol. The van der Waals surface area contributed by atoms with Crippen LogP contribution < -0.4 is 10.6 Å². The molecule has 0 radical (unpaired) electrons. The third kappa shape index (κ3) is 2.55. The lowest BCUT2D eigenvalue weighted by Gasteiger charge is -2.24. The summed E-state index contributed by atoms with van der Waals surface area (Å²) in [6, 6.07) is 3.82. The first-order valence-corrected chi connectivity index (χ1v) is 6.60. The number of hydrogen-bond donors (Lipinski definition) is 3. The molecular formula is C12H17N3O2S. The normalized spacial score (nSPS) is 11.1. The van der Waals surface area contributed by atoms with Crippen LogP contribution in [0.4, 0.5) is 11.4 Å². The van der Waals surface area contributed by atoms with E-state index in [4.69, 9.17) is 15.9 Å². The number of anilines is 2. The van der Waals surface area contributed by atoms with Crippen molar-refractivity contribution in [2.75, 3.05) is 36.9 Å². The Hall–Kier alpha value is -1.37. The van der Waals surface area contributed by atoms with E-state index in [0.29, 0.717) is 18.8 Å². The van der Waals surface area contributed by atoms with Crippen LogP contribution in [0.1, 0.15) is 5.01 Å². The Bertz CT molecular complexity index is 535. The number of aromatic nitrogens is 1. The fourth-order valence-corrected chi connectivity index (χ4v) is 2.82. The van der Waals surface area contributed by atoms with E-state index in [-0.39, 0.29) is 13.2 Å². The van der Waals surface area contributed by atoms with E-state index < -0.39 is 0 Å². The van der Waals surface area contributed by atoms with Crippen molar-refractivity contribution in [3.63, 3.8) is 0 Å². The van der Waals surface area contributed by atoms with Gasteiger partial charge in [-0.1, -0.05) is 0 Å². The number of aliphatic hydroxyl groups is 2.